The van der Waals surface area contributed by atoms with Crippen LogP contribution in [0, 0.1) is 0 Å². The maximum absolute atomic E-state index is 11.1. The first-order valence-corrected chi connectivity index (χ1v) is 5.22. The van der Waals surface area contributed by atoms with E-state index in [2.05, 4.69) is 10.1 Å². The molecule has 0 rings (SSSR count). The molecule has 0 heterocycles. The van der Waals surface area contributed by atoms with E-state index in [0.29, 0.717) is 19.4 Å². The predicted octanol–water partition coefficient (Wildman–Crippen LogP) is -0.545. The van der Waals surface area contributed by atoms with Crippen molar-refractivity contribution in [1.29, 1.82) is 0 Å². The molecule has 0 saturated heterocycles. The molecule has 0 bridgehead atoms. The quantitative estimate of drug-likeness (QED) is 0.412. The minimum absolute atomic E-state index is 0.0441. The van der Waals surface area contributed by atoms with Crippen molar-refractivity contribution in [3.63, 3.8) is 0 Å². The maximum Gasteiger partial charge on any atom is 0.305 e. The number of ether oxygens (including phenoxy) is 2. The third-order valence-electron chi connectivity index (χ3n) is 1.83. The van der Waals surface area contributed by atoms with Gasteiger partial charge in [0.05, 0.1) is 20.3 Å². The summed E-state index contributed by atoms with van der Waals surface area (Å²) in [7, 11) is 1.35. The summed E-state index contributed by atoms with van der Waals surface area (Å²) in [4.78, 5) is 21.8. The topological polar surface area (TPSA) is 84.9 Å². The Hall–Kier alpha value is -1.14. The number of amides is 1. The molecule has 0 fully saturated rings. The molecule has 6 nitrogen and oxygen atoms in total. The monoisotopic (exact) mass is 233 g/mol. The summed E-state index contributed by atoms with van der Waals surface area (Å²) in [5.74, 6) is -0.455. The van der Waals surface area contributed by atoms with Gasteiger partial charge in [-0.25, -0.2) is 0 Å². The van der Waals surface area contributed by atoms with Crippen molar-refractivity contribution in [1.82, 2.24) is 5.32 Å². The molecule has 0 unspecified atom stereocenters. The predicted molar refractivity (Wildman–Crippen MR) is 56.8 cm³/mol. The normalized spacial score (nSPS) is 9.88. The Balaban J connectivity index is 3.24. The van der Waals surface area contributed by atoms with Crippen LogP contribution < -0.4 is 5.32 Å². The van der Waals surface area contributed by atoms with E-state index in [1.807, 2.05) is 0 Å². The van der Waals surface area contributed by atoms with Gasteiger partial charge >= 0.3 is 5.97 Å². The highest BCUT2D eigenvalue weighted by molar-refractivity contribution is 5.77. The number of hydrogen-bond acceptors (Lipinski definition) is 5. The van der Waals surface area contributed by atoms with Crippen molar-refractivity contribution in [3.8, 4) is 0 Å². The van der Waals surface area contributed by atoms with E-state index in [-0.39, 0.29) is 31.7 Å². The standard InChI is InChI=1S/C10H19NO5/c1-15-10(14)4-2-3-5-11-9(13)8-16-7-6-12/h12H,2-8H2,1H3,(H,11,13). The molecule has 0 aliphatic heterocycles. The first-order valence-electron chi connectivity index (χ1n) is 5.22. The second kappa shape index (κ2) is 10.4. The lowest BCUT2D eigenvalue weighted by atomic mass is 10.2. The summed E-state index contributed by atoms with van der Waals surface area (Å²) in [5, 5.41) is 11.0. The van der Waals surface area contributed by atoms with Crippen LogP contribution in [0.3, 0.4) is 0 Å². The molecule has 1 amide bonds. The van der Waals surface area contributed by atoms with E-state index in [1.54, 1.807) is 0 Å². The molecule has 16 heavy (non-hydrogen) atoms. The average Bonchev–Trinajstić information content (AvgIpc) is 2.28. The first kappa shape index (κ1) is 14.9. The van der Waals surface area contributed by atoms with E-state index in [0.717, 1.165) is 6.42 Å². The molecule has 0 spiro atoms. The molecule has 0 aromatic carbocycles. The third kappa shape index (κ3) is 9.42. The van der Waals surface area contributed by atoms with E-state index >= 15 is 0 Å². The fraction of sp³-hybridized carbons (Fsp3) is 0.800. The molecule has 94 valence electrons. The van der Waals surface area contributed by atoms with Crippen LogP contribution in [-0.2, 0) is 19.1 Å². The molecule has 2 N–H and O–H groups in total. The van der Waals surface area contributed by atoms with E-state index in [1.165, 1.54) is 7.11 Å². The first-order chi connectivity index (χ1) is 7.70. The summed E-state index contributed by atoms with van der Waals surface area (Å²) in [6, 6.07) is 0. The smallest absolute Gasteiger partial charge is 0.305 e. The minimum Gasteiger partial charge on any atom is -0.469 e. The summed E-state index contributed by atoms with van der Waals surface area (Å²) in [5.41, 5.74) is 0. The van der Waals surface area contributed by atoms with Crippen molar-refractivity contribution in [2.24, 2.45) is 0 Å². The van der Waals surface area contributed by atoms with Crippen molar-refractivity contribution in [2.75, 3.05) is 33.5 Å². The molecule has 0 aromatic heterocycles. The fourth-order valence-electron chi connectivity index (χ4n) is 1.00. The summed E-state index contributed by atoms with van der Waals surface area (Å²) < 4.78 is 9.29. The van der Waals surface area contributed by atoms with Crippen LogP contribution in [0.5, 0.6) is 0 Å². The number of rotatable bonds is 9. The van der Waals surface area contributed by atoms with E-state index < -0.39 is 0 Å². The van der Waals surface area contributed by atoms with Gasteiger partial charge in [-0.1, -0.05) is 0 Å². The number of hydrogen-bond donors (Lipinski definition) is 2. The molecular weight excluding hydrogens is 214 g/mol. The Morgan fingerprint density at radius 2 is 2.06 bits per heavy atom. The zero-order valence-corrected chi connectivity index (χ0v) is 9.53. The van der Waals surface area contributed by atoms with Crippen molar-refractivity contribution in [2.45, 2.75) is 19.3 Å². The SMILES string of the molecule is COC(=O)CCCCNC(=O)COCCO. The second-order valence-electron chi connectivity index (χ2n) is 3.16. The number of aliphatic hydroxyl groups excluding tert-OH is 1. The highest BCUT2D eigenvalue weighted by atomic mass is 16.5. The highest BCUT2D eigenvalue weighted by Gasteiger charge is 2.01. The molecule has 0 aromatic rings. The number of carbonyl (C=O) groups excluding carboxylic acids is 2. The number of nitrogens with one attached hydrogen (secondary N) is 1. The van der Waals surface area contributed by atoms with Gasteiger partial charge in [0.1, 0.15) is 6.61 Å². The van der Waals surface area contributed by atoms with Gasteiger partial charge in [0.15, 0.2) is 0 Å². The highest BCUT2D eigenvalue weighted by Crippen LogP contribution is 1.95. The fourth-order valence-corrected chi connectivity index (χ4v) is 1.00. The van der Waals surface area contributed by atoms with Crippen LogP contribution >= 0.6 is 0 Å². The van der Waals surface area contributed by atoms with Gasteiger partial charge in [0.25, 0.3) is 0 Å². The average molecular weight is 233 g/mol. The van der Waals surface area contributed by atoms with Crippen LogP contribution in [0.2, 0.25) is 0 Å². The second-order valence-corrected chi connectivity index (χ2v) is 3.16. The number of esters is 1. The third-order valence-corrected chi connectivity index (χ3v) is 1.83. The lowest BCUT2D eigenvalue weighted by Crippen LogP contribution is -2.29. The van der Waals surface area contributed by atoms with Crippen LogP contribution in [0.1, 0.15) is 19.3 Å². The molecule has 0 atom stereocenters. The lowest BCUT2D eigenvalue weighted by molar-refractivity contribution is -0.140. The van der Waals surface area contributed by atoms with Crippen molar-refractivity contribution in [3.05, 3.63) is 0 Å². The van der Waals surface area contributed by atoms with Gasteiger partial charge in [-0.15, -0.1) is 0 Å². The number of methoxy groups -OCH3 is 1. The van der Waals surface area contributed by atoms with Crippen LogP contribution in [0.25, 0.3) is 0 Å². The van der Waals surface area contributed by atoms with Gasteiger partial charge in [-0.05, 0) is 12.8 Å². The van der Waals surface area contributed by atoms with E-state index in [9.17, 15) is 9.59 Å². The molecule has 6 heteroatoms. The largest absolute Gasteiger partial charge is 0.469 e. The number of unbranched alkanes of at least 4 members (excludes halogenated alkanes) is 1. The maximum atomic E-state index is 11.1. The van der Waals surface area contributed by atoms with Gasteiger partial charge in [-0.2, -0.15) is 0 Å². The number of carbonyl (C=O) groups is 2. The van der Waals surface area contributed by atoms with E-state index in [4.69, 9.17) is 9.84 Å². The summed E-state index contributed by atoms with van der Waals surface area (Å²) >= 11 is 0. The Kier molecular flexibility index (Phi) is 9.64. The summed E-state index contributed by atoms with van der Waals surface area (Å²) in [6.07, 6.45) is 1.78. The molecule has 0 saturated carbocycles. The molecule has 0 radical (unpaired) electrons. The lowest BCUT2D eigenvalue weighted by Gasteiger charge is -2.05. The van der Waals surface area contributed by atoms with Gasteiger partial charge in [-0.3, -0.25) is 9.59 Å². The van der Waals surface area contributed by atoms with Crippen LogP contribution in [0.4, 0.5) is 0 Å². The van der Waals surface area contributed by atoms with Crippen molar-refractivity contribution < 1.29 is 24.2 Å². The molecule has 0 aliphatic rings. The van der Waals surface area contributed by atoms with Crippen LogP contribution in [0.15, 0.2) is 0 Å². The van der Waals surface area contributed by atoms with Gasteiger partial charge in [0.2, 0.25) is 5.91 Å². The minimum atomic E-state index is -0.238. The Morgan fingerprint density at radius 3 is 2.69 bits per heavy atom. The Morgan fingerprint density at radius 1 is 1.31 bits per heavy atom. The van der Waals surface area contributed by atoms with Crippen LogP contribution in [-0.4, -0.2) is 50.5 Å². The van der Waals surface area contributed by atoms with Gasteiger partial charge < -0.3 is 19.9 Å². The zero-order valence-electron chi connectivity index (χ0n) is 9.53. The molecular formula is C10H19NO5. The zero-order chi connectivity index (χ0) is 12.2. The van der Waals surface area contributed by atoms with Crippen molar-refractivity contribution >= 4 is 11.9 Å². The number of aliphatic hydroxyl groups is 1. The summed E-state index contributed by atoms with van der Waals surface area (Å²) in [6.45, 7) is 0.540. The molecule has 0 aliphatic carbocycles. The Bertz CT molecular complexity index is 207. The Labute approximate surface area is 94.9 Å². The van der Waals surface area contributed by atoms with Gasteiger partial charge in [0, 0.05) is 13.0 Å².